The molecule has 15 heavy (non-hydrogen) atoms. The van der Waals surface area contributed by atoms with Gasteiger partial charge in [0.2, 0.25) is 0 Å². The molecule has 2 N–H and O–H groups in total. The molecule has 0 aliphatic carbocycles. The average Bonchev–Trinajstić information content (AvgIpc) is 2.18. The van der Waals surface area contributed by atoms with Gasteiger partial charge in [-0.05, 0) is 19.1 Å². The number of nitrogens with one attached hydrogen (secondary N) is 1. The van der Waals surface area contributed by atoms with E-state index in [-0.39, 0.29) is 5.69 Å². The normalized spacial score (nSPS) is 11.8. The Balaban J connectivity index is 2.72. The van der Waals surface area contributed by atoms with E-state index >= 15 is 0 Å². The molecule has 1 atom stereocenters. The summed E-state index contributed by atoms with van der Waals surface area (Å²) < 4.78 is 0. The van der Waals surface area contributed by atoms with Gasteiger partial charge in [0.05, 0.1) is 4.92 Å². The van der Waals surface area contributed by atoms with E-state index in [2.05, 4.69) is 5.32 Å². The van der Waals surface area contributed by atoms with E-state index in [1.165, 1.54) is 31.2 Å². The van der Waals surface area contributed by atoms with Crippen molar-refractivity contribution in [2.45, 2.75) is 13.0 Å². The molecule has 80 valence electrons. The van der Waals surface area contributed by atoms with Crippen LogP contribution in [0.15, 0.2) is 24.3 Å². The molecule has 0 spiro atoms. The molecule has 1 rings (SSSR count). The minimum Gasteiger partial charge on any atom is -0.480 e. The molecule has 0 saturated carbocycles. The summed E-state index contributed by atoms with van der Waals surface area (Å²) in [7, 11) is 0. The number of hydrogen-bond acceptors (Lipinski definition) is 4. The van der Waals surface area contributed by atoms with Crippen LogP contribution in [0.5, 0.6) is 0 Å². The molecule has 1 aromatic carbocycles. The molecule has 0 saturated heterocycles. The minimum absolute atomic E-state index is 0.0245. The summed E-state index contributed by atoms with van der Waals surface area (Å²) in [5, 5.41) is 21.6. The van der Waals surface area contributed by atoms with Crippen LogP contribution in [0.1, 0.15) is 6.92 Å². The Bertz CT molecular complexity index is 374. The van der Waals surface area contributed by atoms with Crippen molar-refractivity contribution in [3.8, 4) is 0 Å². The maximum atomic E-state index is 10.5. The van der Waals surface area contributed by atoms with Crippen molar-refractivity contribution in [1.29, 1.82) is 0 Å². The highest BCUT2D eigenvalue weighted by Gasteiger charge is 2.10. The van der Waals surface area contributed by atoms with Gasteiger partial charge in [0, 0.05) is 17.8 Å². The number of carboxylic acid groups (broad SMARTS) is 1. The summed E-state index contributed by atoms with van der Waals surface area (Å²) in [4.78, 5) is 20.3. The maximum Gasteiger partial charge on any atom is 0.325 e. The van der Waals surface area contributed by atoms with E-state index in [4.69, 9.17) is 5.11 Å². The van der Waals surface area contributed by atoms with Crippen LogP contribution < -0.4 is 5.32 Å². The first kappa shape index (κ1) is 11.0. The predicted molar refractivity (Wildman–Crippen MR) is 53.8 cm³/mol. The van der Waals surface area contributed by atoms with Crippen molar-refractivity contribution in [2.24, 2.45) is 0 Å². The maximum absolute atomic E-state index is 10.5. The van der Waals surface area contributed by atoms with Crippen LogP contribution in [0, 0.1) is 10.1 Å². The predicted octanol–water partition coefficient (Wildman–Crippen LogP) is 1.48. The number of anilines is 1. The molecule has 0 fully saturated rings. The summed E-state index contributed by atoms with van der Waals surface area (Å²) in [6, 6.07) is 4.84. The Morgan fingerprint density at radius 3 is 2.40 bits per heavy atom. The number of rotatable bonds is 4. The van der Waals surface area contributed by atoms with E-state index in [1.807, 2.05) is 0 Å². The molecule has 1 aromatic rings. The Labute approximate surface area is 85.7 Å². The zero-order chi connectivity index (χ0) is 11.4. The first-order chi connectivity index (χ1) is 7.00. The smallest absolute Gasteiger partial charge is 0.325 e. The van der Waals surface area contributed by atoms with Crippen molar-refractivity contribution in [3.63, 3.8) is 0 Å². The topological polar surface area (TPSA) is 92.5 Å². The molecule has 6 heteroatoms. The van der Waals surface area contributed by atoms with Crippen LogP contribution in [0.25, 0.3) is 0 Å². The fraction of sp³-hybridized carbons (Fsp3) is 0.222. The lowest BCUT2D eigenvalue weighted by Crippen LogP contribution is -2.25. The first-order valence-electron chi connectivity index (χ1n) is 4.24. The lowest BCUT2D eigenvalue weighted by Gasteiger charge is -2.09. The molecule has 0 aliphatic heterocycles. The SMILES string of the molecule is C[C@H](Nc1ccc([N+](=O)[O-])cc1)C(=O)O. The van der Waals surface area contributed by atoms with Gasteiger partial charge in [-0.3, -0.25) is 14.9 Å². The molecule has 0 bridgehead atoms. The van der Waals surface area contributed by atoms with Gasteiger partial charge in [-0.2, -0.15) is 0 Å². The van der Waals surface area contributed by atoms with Gasteiger partial charge in [-0.25, -0.2) is 0 Å². The summed E-state index contributed by atoms with van der Waals surface area (Å²) in [6.07, 6.45) is 0. The van der Waals surface area contributed by atoms with E-state index in [0.717, 1.165) is 0 Å². The lowest BCUT2D eigenvalue weighted by molar-refractivity contribution is -0.384. The third-order valence-electron chi connectivity index (χ3n) is 1.83. The Kier molecular flexibility index (Phi) is 3.22. The van der Waals surface area contributed by atoms with Gasteiger partial charge < -0.3 is 10.4 Å². The van der Waals surface area contributed by atoms with Gasteiger partial charge in [0.1, 0.15) is 6.04 Å². The molecular weight excluding hydrogens is 200 g/mol. The van der Waals surface area contributed by atoms with Crippen molar-refractivity contribution in [1.82, 2.24) is 0 Å². The number of aliphatic carboxylic acids is 1. The van der Waals surface area contributed by atoms with E-state index in [0.29, 0.717) is 5.69 Å². The average molecular weight is 210 g/mol. The second-order valence-electron chi connectivity index (χ2n) is 3.01. The van der Waals surface area contributed by atoms with Gasteiger partial charge in [-0.1, -0.05) is 0 Å². The second kappa shape index (κ2) is 4.41. The highest BCUT2D eigenvalue weighted by Crippen LogP contribution is 2.15. The lowest BCUT2D eigenvalue weighted by atomic mass is 10.2. The summed E-state index contributed by atoms with van der Waals surface area (Å²) in [6.45, 7) is 1.49. The number of carboxylic acids is 1. The molecule has 0 radical (unpaired) electrons. The molecule has 0 unspecified atom stereocenters. The number of nitrogens with zero attached hydrogens (tertiary/aromatic N) is 1. The standard InChI is InChI=1S/C9H10N2O4/c1-6(9(12)13)10-7-2-4-8(5-3-7)11(14)15/h2-6,10H,1H3,(H,12,13)/t6-/m0/s1. The van der Waals surface area contributed by atoms with Crippen LogP contribution in [-0.4, -0.2) is 22.0 Å². The van der Waals surface area contributed by atoms with Crippen molar-refractivity contribution < 1.29 is 14.8 Å². The summed E-state index contributed by atoms with van der Waals surface area (Å²) >= 11 is 0. The largest absolute Gasteiger partial charge is 0.480 e. The van der Waals surface area contributed by atoms with Crippen LogP contribution in [-0.2, 0) is 4.79 Å². The highest BCUT2D eigenvalue weighted by atomic mass is 16.6. The molecule has 0 aliphatic rings. The number of non-ortho nitro benzene ring substituents is 1. The van der Waals surface area contributed by atoms with Gasteiger partial charge in [0.25, 0.3) is 5.69 Å². The minimum atomic E-state index is -0.978. The van der Waals surface area contributed by atoms with Gasteiger partial charge in [-0.15, -0.1) is 0 Å². The van der Waals surface area contributed by atoms with Crippen molar-refractivity contribution in [3.05, 3.63) is 34.4 Å². The fourth-order valence-corrected chi connectivity index (χ4v) is 0.991. The van der Waals surface area contributed by atoms with Crippen LogP contribution >= 0.6 is 0 Å². The third kappa shape index (κ3) is 2.94. The Morgan fingerprint density at radius 1 is 1.47 bits per heavy atom. The van der Waals surface area contributed by atoms with Crippen LogP contribution in [0.3, 0.4) is 0 Å². The number of nitro benzene ring substituents is 1. The Hall–Kier alpha value is -2.11. The molecular formula is C9H10N2O4. The van der Waals surface area contributed by atoms with E-state index in [1.54, 1.807) is 0 Å². The summed E-state index contributed by atoms with van der Waals surface area (Å²) in [5.74, 6) is -0.978. The molecule has 6 nitrogen and oxygen atoms in total. The van der Waals surface area contributed by atoms with Gasteiger partial charge in [0.15, 0.2) is 0 Å². The molecule has 0 amide bonds. The quantitative estimate of drug-likeness (QED) is 0.580. The monoisotopic (exact) mass is 210 g/mol. The van der Waals surface area contributed by atoms with E-state index in [9.17, 15) is 14.9 Å². The number of nitro groups is 1. The van der Waals surface area contributed by atoms with Crippen molar-refractivity contribution in [2.75, 3.05) is 5.32 Å². The van der Waals surface area contributed by atoms with Crippen LogP contribution in [0.2, 0.25) is 0 Å². The second-order valence-corrected chi connectivity index (χ2v) is 3.01. The van der Waals surface area contributed by atoms with Crippen molar-refractivity contribution >= 4 is 17.3 Å². The number of benzene rings is 1. The first-order valence-corrected chi connectivity index (χ1v) is 4.24. The van der Waals surface area contributed by atoms with Crippen LogP contribution in [0.4, 0.5) is 11.4 Å². The number of carbonyl (C=O) groups is 1. The fourth-order valence-electron chi connectivity index (χ4n) is 0.991. The van der Waals surface area contributed by atoms with Gasteiger partial charge >= 0.3 is 5.97 Å². The highest BCUT2D eigenvalue weighted by molar-refractivity contribution is 5.76. The molecule has 0 heterocycles. The third-order valence-corrected chi connectivity index (χ3v) is 1.83. The summed E-state index contributed by atoms with van der Waals surface area (Å²) in [5.41, 5.74) is 0.513. The Morgan fingerprint density at radius 2 is 2.00 bits per heavy atom. The molecule has 0 aromatic heterocycles. The van der Waals surface area contributed by atoms with E-state index < -0.39 is 16.9 Å². The zero-order valence-corrected chi connectivity index (χ0v) is 8.01. The zero-order valence-electron chi connectivity index (χ0n) is 8.01. The number of hydrogen-bond donors (Lipinski definition) is 2.